The van der Waals surface area contributed by atoms with Gasteiger partial charge in [0.1, 0.15) is 11.6 Å². The van der Waals surface area contributed by atoms with Crippen molar-refractivity contribution in [3.05, 3.63) is 34.3 Å². The Bertz CT molecular complexity index is 532. The van der Waals surface area contributed by atoms with Crippen LogP contribution in [0.4, 0.5) is 5.82 Å². The molecule has 19 heavy (non-hydrogen) atoms. The molecule has 102 valence electrons. The van der Waals surface area contributed by atoms with Crippen molar-refractivity contribution < 1.29 is 4.74 Å². The van der Waals surface area contributed by atoms with E-state index in [1.807, 2.05) is 6.07 Å². The molecule has 0 aliphatic carbocycles. The average molecular weight is 277 g/mol. The van der Waals surface area contributed by atoms with E-state index in [4.69, 9.17) is 10.5 Å². The minimum atomic E-state index is -0.138. The van der Waals surface area contributed by atoms with Crippen molar-refractivity contribution in [1.29, 1.82) is 0 Å². The normalized spacial score (nSPS) is 11.5. The van der Waals surface area contributed by atoms with Gasteiger partial charge in [-0.15, -0.1) is 11.3 Å². The second-order valence-corrected chi connectivity index (χ2v) is 6.41. The molecule has 2 aromatic rings. The quantitative estimate of drug-likeness (QED) is 0.933. The lowest BCUT2D eigenvalue weighted by molar-refractivity contribution is 0.306. The van der Waals surface area contributed by atoms with Crippen LogP contribution in [0.1, 0.15) is 31.5 Å². The molecule has 0 atom stereocenters. The lowest BCUT2D eigenvalue weighted by Gasteiger charge is -2.17. The molecule has 0 radical (unpaired) electrons. The number of nitrogens with two attached hydrogens (primary N) is 1. The van der Waals surface area contributed by atoms with Gasteiger partial charge in [0.15, 0.2) is 0 Å². The third kappa shape index (κ3) is 3.92. The van der Waals surface area contributed by atoms with Crippen LogP contribution in [0.2, 0.25) is 0 Å². The number of thiophene rings is 1. The Balaban J connectivity index is 2.02. The molecule has 0 aliphatic rings. The van der Waals surface area contributed by atoms with Crippen LogP contribution in [-0.4, -0.2) is 16.6 Å². The van der Waals surface area contributed by atoms with E-state index in [9.17, 15) is 0 Å². The van der Waals surface area contributed by atoms with Gasteiger partial charge in [-0.3, -0.25) is 0 Å². The van der Waals surface area contributed by atoms with Crippen LogP contribution >= 0.6 is 11.3 Å². The molecule has 0 aromatic carbocycles. The molecule has 0 aliphatic heterocycles. The van der Waals surface area contributed by atoms with Gasteiger partial charge < -0.3 is 10.5 Å². The summed E-state index contributed by atoms with van der Waals surface area (Å²) in [5, 5.41) is 2.07. The van der Waals surface area contributed by atoms with Crippen molar-refractivity contribution in [1.82, 2.24) is 9.97 Å². The molecule has 0 spiro atoms. The van der Waals surface area contributed by atoms with Gasteiger partial charge in [-0.1, -0.05) is 26.8 Å². The predicted octanol–water partition coefficient (Wildman–Crippen LogP) is 3.04. The Morgan fingerprint density at radius 2 is 2.11 bits per heavy atom. The standard InChI is InChI=1S/C14H19N3OS/c1-14(2,3)13-16-11(15)9-12(17-13)18-7-6-10-5-4-8-19-10/h4-5,8-9H,6-7H2,1-3H3,(H2,15,16,17). The highest BCUT2D eigenvalue weighted by Gasteiger charge is 2.19. The van der Waals surface area contributed by atoms with Gasteiger partial charge in [-0.25, -0.2) is 4.98 Å². The van der Waals surface area contributed by atoms with E-state index in [0.29, 0.717) is 24.1 Å². The van der Waals surface area contributed by atoms with Crippen LogP contribution in [0.3, 0.4) is 0 Å². The van der Waals surface area contributed by atoms with Gasteiger partial charge in [0.2, 0.25) is 5.88 Å². The van der Waals surface area contributed by atoms with E-state index in [1.165, 1.54) is 4.88 Å². The van der Waals surface area contributed by atoms with Gasteiger partial charge in [0, 0.05) is 22.8 Å². The lowest BCUT2D eigenvalue weighted by atomic mass is 9.96. The number of nitrogens with zero attached hydrogens (tertiary/aromatic N) is 2. The number of hydrogen-bond acceptors (Lipinski definition) is 5. The third-order valence-corrected chi connectivity index (χ3v) is 3.51. The maximum Gasteiger partial charge on any atom is 0.218 e. The van der Waals surface area contributed by atoms with Crippen LogP contribution in [0, 0.1) is 0 Å². The van der Waals surface area contributed by atoms with Crippen LogP contribution in [0.15, 0.2) is 23.6 Å². The maximum atomic E-state index is 5.79. The highest BCUT2D eigenvalue weighted by molar-refractivity contribution is 7.09. The molecule has 2 aromatic heterocycles. The Kier molecular flexibility index (Phi) is 4.04. The molecule has 0 bridgehead atoms. The third-order valence-electron chi connectivity index (χ3n) is 2.57. The zero-order chi connectivity index (χ0) is 13.9. The molecular weight excluding hydrogens is 258 g/mol. The van der Waals surface area contributed by atoms with Crippen molar-refractivity contribution in [2.75, 3.05) is 12.3 Å². The van der Waals surface area contributed by atoms with Crippen LogP contribution in [0.5, 0.6) is 5.88 Å². The molecule has 0 amide bonds. The van der Waals surface area contributed by atoms with Crippen molar-refractivity contribution in [3.8, 4) is 5.88 Å². The summed E-state index contributed by atoms with van der Waals surface area (Å²) in [6.07, 6.45) is 0.881. The number of nitrogen functional groups attached to an aromatic ring is 1. The summed E-state index contributed by atoms with van der Waals surface area (Å²) < 4.78 is 5.67. The minimum absolute atomic E-state index is 0.138. The predicted molar refractivity (Wildman–Crippen MR) is 78.7 cm³/mol. The number of hydrogen-bond donors (Lipinski definition) is 1. The molecule has 0 saturated carbocycles. The monoisotopic (exact) mass is 277 g/mol. The van der Waals surface area contributed by atoms with Gasteiger partial charge in [-0.2, -0.15) is 4.98 Å². The summed E-state index contributed by atoms with van der Waals surface area (Å²) in [6.45, 7) is 6.76. The first-order valence-electron chi connectivity index (χ1n) is 6.25. The highest BCUT2D eigenvalue weighted by Crippen LogP contribution is 2.22. The number of rotatable bonds is 4. The molecule has 2 heterocycles. The van der Waals surface area contributed by atoms with Crippen LogP contribution < -0.4 is 10.5 Å². The molecule has 0 saturated heterocycles. The number of anilines is 1. The Hall–Kier alpha value is -1.62. The summed E-state index contributed by atoms with van der Waals surface area (Å²) in [5.41, 5.74) is 5.66. The van der Waals surface area contributed by atoms with E-state index in [2.05, 4.69) is 42.2 Å². The molecule has 5 heteroatoms. The molecule has 4 nitrogen and oxygen atoms in total. The van der Waals surface area contributed by atoms with Gasteiger partial charge in [0.05, 0.1) is 6.61 Å². The van der Waals surface area contributed by atoms with Gasteiger partial charge >= 0.3 is 0 Å². The molecule has 0 unspecified atom stereocenters. The number of ether oxygens (including phenoxy) is 1. The smallest absolute Gasteiger partial charge is 0.218 e. The second kappa shape index (κ2) is 5.57. The van der Waals surface area contributed by atoms with Crippen molar-refractivity contribution in [2.24, 2.45) is 0 Å². The van der Waals surface area contributed by atoms with Crippen LogP contribution in [-0.2, 0) is 11.8 Å². The first kappa shape index (κ1) is 13.8. The Morgan fingerprint density at radius 1 is 1.32 bits per heavy atom. The van der Waals surface area contributed by atoms with Gasteiger partial charge in [-0.05, 0) is 11.4 Å². The molecule has 2 rings (SSSR count). The van der Waals surface area contributed by atoms with Crippen LogP contribution in [0.25, 0.3) is 0 Å². The minimum Gasteiger partial charge on any atom is -0.477 e. The van der Waals surface area contributed by atoms with E-state index in [0.717, 1.165) is 6.42 Å². The largest absolute Gasteiger partial charge is 0.477 e. The highest BCUT2D eigenvalue weighted by atomic mass is 32.1. The summed E-state index contributed by atoms with van der Waals surface area (Å²) >= 11 is 1.73. The van der Waals surface area contributed by atoms with Crippen molar-refractivity contribution >= 4 is 17.2 Å². The molecule has 0 fully saturated rings. The molecular formula is C14H19N3OS. The van der Waals surface area contributed by atoms with E-state index < -0.39 is 0 Å². The van der Waals surface area contributed by atoms with Gasteiger partial charge in [0.25, 0.3) is 0 Å². The van der Waals surface area contributed by atoms with E-state index in [-0.39, 0.29) is 5.41 Å². The second-order valence-electron chi connectivity index (χ2n) is 5.38. The lowest BCUT2D eigenvalue weighted by Crippen LogP contribution is -2.17. The summed E-state index contributed by atoms with van der Waals surface area (Å²) in [6, 6.07) is 5.81. The van der Waals surface area contributed by atoms with E-state index in [1.54, 1.807) is 17.4 Å². The van der Waals surface area contributed by atoms with Crippen molar-refractivity contribution in [2.45, 2.75) is 32.6 Å². The zero-order valence-electron chi connectivity index (χ0n) is 11.5. The Morgan fingerprint density at radius 3 is 2.74 bits per heavy atom. The summed E-state index contributed by atoms with van der Waals surface area (Å²) in [7, 11) is 0. The summed E-state index contributed by atoms with van der Waals surface area (Å²) in [4.78, 5) is 9.97. The maximum absolute atomic E-state index is 5.79. The fourth-order valence-corrected chi connectivity index (χ4v) is 2.25. The van der Waals surface area contributed by atoms with Crippen molar-refractivity contribution in [3.63, 3.8) is 0 Å². The Labute approximate surface area is 117 Å². The SMILES string of the molecule is CC(C)(C)c1nc(N)cc(OCCc2cccs2)n1. The van der Waals surface area contributed by atoms with E-state index >= 15 is 0 Å². The number of aromatic nitrogens is 2. The average Bonchev–Trinajstić information content (AvgIpc) is 2.80. The first-order valence-corrected chi connectivity index (χ1v) is 7.13. The summed E-state index contributed by atoms with van der Waals surface area (Å²) in [5.74, 6) is 1.71. The first-order chi connectivity index (χ1) is 8.95. The fourth-order valence-electron chi connectivity index (χ4n) is 1.56. The zero-order valence-corrected chi connectivity index (χ0v) is 12.3. The topological polar surface area (TPSA) is 61.0 Å². The fraction of sp³-hybridized carbons (Fsp3) is 0.429. The molecule has 2 N–H and O–H groups in total.